The first-order chi connectivity index (χ1) is 7.17. The molecule has 1 nitrogen and oxygen atoms in total. The van der Waals surface area contributed by atoms with Crippen molar-refractivity contribution in [3.63, 3.8) is 0 Å². The highest BCUT2D eigenvalue weighted by Gasteiger charge is 2.23. The van der Waals surface area contributed by atoms with E-state index in [2.05, 4.69) is 53.8 Å². The van der Waals surface area contributed by atoms with Gasteiger partial charge in [-0.3, -0.25) is 0 Å². The summed E-state index contributed by atoms with van der Waals surface area (Å²) in [7, 11) is 0. The van der Waals surface area contributed by atoms with Crippen molar-refractivity contribution in [2.24, 2.45) is 10.8 Å². The molecule has 0 saturated heterocycles. The molecule has 0 heterocycles. The average molecular weight is 227 g/mol. The Bertz CT molecular complexity index is 171. The van der Waals surface area contributed by atoms with Gasteiger partial charge in [-0.15, -0.1) is 0 Å². The van der Waals surface area contributed by atoms with E-state index in [1.165, 1.54) is 25.7 Å². The third-order valence-corrected chi connectivity index (χ3v) is 3.11. The Morgan fingerprint density at radius 1 is 1.00 bits per heavy atom. The molecule has 0 radical (unpaired) electrons. The Morgan fingerprint density at radius 2 is 1.56 bits per heavy atom. The zero-order valence-electron chi connectivity index (χ0n) is 12.6. The first kappa shape index (κ1) is 16.0. The lowest BCUT2D eigenvalue weighted by Gasteiger charge is -2.32. The third kappa shape index (κ3) is 8.15. The van der Waals surface area contributed by atoms with Gasteiger partial charge < -0.3 is 5.32 Å². The Hall–Kier alpha value is -0.0400. The standard InChI is InChI=1S/C15H33N/c1-8-12-16-13(15(5,6)7)10-9-11-14(2,3)4/h13,16H,8-12H2,1-7H3. The lowest BCUT2D eigenvalue weighted by Crippen LogP contribution is -2.40. The van der Waals surface area contributed by atoms with Crippen molar-refractivity contribution in [3.05, 3.63) is 0 Å². The number of hydrogen-bond donors (Lipinski definition) is 1. The number of nitrogens with one attached hydrogen (secondary N) is 1. The van der Waals surface area contributed by atoms with E-state index in [0.717, 1.165) is 6.54 Å². The van der Waals surface area contributed by atoms with Crippen LogP contribution in [0.5, 0.6) is 0 Å². The summed E-state index contributed by atoms with van der Waals surface area (Å²) in [6.07, 6.45) is 5.20. The molecule has 0 fully saturated rings. The second kappa shape index (κ2) is 6.64. The van der Waals surface area contributed by atoms with Gasteiger partial charge in [0.25, 0.3) is 0 Å². The minimum atomic E-state index is 0.382. The van der Waals surface area contributed by atoms with Crippen LogP contribution in [-0.2, 0) is 0 Å². The third-order valence-electron chi connectivity index (χ3n) is 3.11. The molecule has 0 aliphatic rings. The van der Waals surface area contributed by atoms with Crippen LogP contribution in [0.1, 0.15) is 74.1 Å². The first-order valence-electron chi connectivity index (χ1n) is 6.90. The largest absolute Gasteiger partial charge is 0.313 e. The molecule has 0 aromatic heterocycles. The zero-order chi connectivity index (χ0) is 12.8. The molecule has 1 atom stereocenters. The second-order valence-corrected chi connectivity index (χ2v) is 7.33. The predicted octanol–water partition coefficient (Wildman–Crippen LogP) is 4.62. The second-order valence-electron chi connectivity index (χ2n) is 7.33. The fourth-order valence-electron chi connectivity index (χ4n) is 2.00. The maximum absolute atomic E-state index is 3.70. The van der Waals surface area contributed by atoms with Crippen molar-refractivity contribution in [2.45, 2.75) is 80.2 Å². The highest BCUT2D eigenvalue weighted by Crippen LogP contribution is 2.27. The Labute approximate surface area is 103 Å². The molecule has 16 heavy (non-hydrogen) atoms. The Morgan fingerprint density at radius 3 is 1.94 bits per heavy atom. The summed E-state index contributed by atoms with van der Waals surface area (Å²) in [6, 6.07) is 0.662. The summed E-state index contributed by atoms with van der Waals surface area (Å²) in [6.45, 7) is 17.4. The highest BCUT2D eigenvalue weighted by atomic mass is 14.9. The minimum Gasteiger partial charge on any atom is -0.313 e. The van der Waals surface area contributed by atoms with Crippen LogP contribution in [0.3, 0.4) is 0 Å². The van der Waals surface area contributed by atoms with E-state index in [9.17, 15) is 0 Å². The van der Waals surface area contributed by atoms with Gasteiger partial charge in [0.05, 0.1) is 0 Å². The van der Waals surface area contributed by atoms with Crippen LogP contribution < -0.4 is 5.32 Å². The fraction of sp³-hybridized carbons (Fsp3) is 1.00. The van der Waals surface area contributed by atoms with Gasteiger partial charge in [-0.25, -0.2) is 0 Å². The first-order valence-corrected chi connectivity index (χ1v) is 6.90. The molecule has 0 aliphatic carbocycles. The van der Waals surface area contributed by atoms with Crippen LogP contribution in [0, 0.1) is 10.8 Å². The van der Waals surface area contributed by atoms with E-state index >= 15 is 0 Å². The van der Waals surface area contributed by atoms with Crippen LogP contribution in [0.25, 0.3) is 0 Å². The van der Waals surface area contributed by atoms with E-state index in [0.29, 0.717) is 16.9 Å². The van der Waals surface area contributed by atoms with Crippen LogP contribution in [0.15, 0.2) is 0 Å². The molecule has 0 rings (SSSR count). The van der Waals surface area contributed by atoms with E-state index in [4.69, 9.17) is 0 Å². The molecule has 0 aromatic carbocycles. The summed E-state index contributed by atoms with van der Waals surface area (Å²) in [5.74, 6) is 0. The smallest absolute Gasteiger partial charge is 0.0116 e. The summed E-state index contributed by atoms with van der Waals surface area (Å²) in [5, 5.41) is 3.70. The van der Waals surface area contributed by atoms with Gasteiger partial charge in [-0.2, -0.15) is 0 Å². The average Bonchev–Trinajstić information content (AvgIpc) is 2.06. The van der Waals surface area contributed by atoms with E-state index < -0.39 is 0 Å². The van der Waals surface area contributed by atoms with Crippen LogP contribution >= 0.6 is 0 Å². The van der Waals surface area contributed by atoms with E-state index in [1.54, 1.807) is 0 Å². The highest BCUT2D eigenvalue weighted by molar-refractivity contribution is 4.80. The summed E-state index contributed by atoms with van der Waals surface area (Å²) in [5.41, 5.74) is 0.861. The molecule has 0 aliphatic heterocycles. The molecule has 0 amide bonds. The van der Waals surface area contributed by atoms with Crippen molar-refractivity contribution in [3.8, 4) is 0 Å². The van der Waals surface area contributed by atoms with Crippen LogP contribution in [-0.4, -0.2) is 12.6 Å². The molecule has 0 spiro atoms. The molecule has 98 valence electrons. The monoisotopic (exact) mass is 227 g/mol. The van der Waals surface area contributed by atoms with E-state index in [-0.39, 0.29) is 0 Å². The quantitative estimate of drug-likeness (QED) is 0.698. The fourth-order valence-corrected chi connectivity index (χ4v) is 2.00. The van der Waals surface area contributed by atoms with Crippen molar-refractivity contribution >= 4 is 0 Å². The van der Waals surface area contributed by atoms with Crippen LogP contribution in [0.4, 0.5) is 0 Å². The normalized spacial score (nSPS) is 15.2. The molecule has 0 aromatic rings. The van der Waals surface area contributed by atoms with Gasteiger partial charge >= 0.3 is 0 Å². The maximum Gasteiger partial charge on any atom is 0.0116 e. The minimum absolute atomic E-state index is 0.382. The molecule has 0 saturated carbocycles. The number of hydrogen-bond acceptors (Lipinski definition) is 1. The molecule has 1 unspecified atom stereocenters. The molecular formula is C15H33N. The van der Waals surface area contributed by atoms with E-state index in [1.807, 2.05) is 0 Å². The van der Waals surface area contributed by atoms with Crippen molar-refractivity contribution in [1.82, 2.24) is 5.32 Å². The van der Waals surface area contributed by atoms with Crippen molar-refractivity contribution < 1.29 is 0 Å². The SMILES string of the molecule is CCCNC(CCCC(C)(C)C)C(C)(C)C. The Kier molecular flexibility index (Phi) is 6.62. The number of rotatable bonds is 6. The van der Waals surface area contributed by atoms with Gasteiger partial charge in [-0.05, 0) is 36.6 Å². The van der Waals surface area contributed by atoms with Gasteiger partial charge in [0.1, 0.15) is 0 Å². The lowest BCUT2D eigenvalue weighted by molar-refractivity contribution is 0.238. The zero-order valence-corrected chi connectivity index (χ0v) is 12.6. The van der Waals surface area contributed by atoms with Crippen LogP contribution in [0.2, 0.25) is 0 Å². The summed E-state index contributed by atoms with van der Waals surface area (Å²) < 4.78 is 0. The molecular weight excluding hydrogens is 194 g/mol. The predicted molar refractivity (Wildman–Crippen MR) is 74.8 cm³/mol. The van der Waals surface area contributed by atoms with Gasteiger partial charge in [-0.1, -0.05) is 54.9 Å². The van der Waals surface area contributed by atoms with Crippen molar-refractivity contribution in [2.75, 3.05) is 6.54 Å². The molecule has 1 N–H and O–H groups in total. The Balaban J connectivity index is 4.03. The summed E-state index contributed by atoms with van der Waals surface area (Å²) >= 11 is 0. The summed E-state index contributed by atoms with van der Waals surface area (Å²) in [4.78, 5) is 0. The topological polar surface area (TPSA) is 12.0 Å². The maximum atomic E-state index is 3.70. The van der Waals surface area contributed by atoms with Crippen molar-refractivity contribution in [1.29, 1.82) is 0 Å². The van der Waals surface area contributed by atoms with Gasteiger partial charge in [0.15, 0.2) is 0 Å². The van der Waals surface area contributed by atoms with Gasteiger partial charge in [0, 0.05) is 6.04 Å². The molecule has 0 bridgehead atoms. The lowest BCUT2D eigenvalue weighted by atomic mass is 9.81. The van der Waals surface area contributed by atoms with Gasteiger partial charge in [0.2, 0.25) is 0 Å². The molecule has 1 heteroatoms.